The molecule has 1 saturated carbocycles. The quantitative estimate of drug-likeness (QED) is 0.357. The molecule has 7 heteroatoms. The van der Waals surface area contributed by atoms with Crippen molar-refractivity contribution in [3.63, 3.8) is 0 Å². The zero-order chi connectivity index (χ0) is 21.6. The van der Waals surface area contributed by atoms with Gasteiger partial charge < -0.3 is 9.47 Å². The van der Waals surface area contributed by atoms with Gasteiger partial charge in [-0.25, -0.2) is 4.79 Å². The third kappa shape index (κ3) is 4.77. The monoisotopic (exact) mass is 437 g/mol. The van der Waals surface area contributed by atoms with Crippen LogP contribution in [0.3, 0.4) is 0 Å². The maximum atomic E-state index is 12.1. The smallest absolute Gasteiger partial charge is 0.338 e. The van der Waals surface area contributed by atoms with E-state index in [0.29, 0.717) is 17.4 Å². The Balaban J connectivity index is 1.65. The Morgan fingerprint density at radius 3 is 2.48 bits per heavy atom. The highest BCUT2D eigenvalue weighted by Gasteiger charge is 2.24. The van der Waals surface area contributed by atoms with Crippen molar-refractivity contribution in [2.45, 2.75) is 49.1 Å². The summed E-state index contributed by atoms with van der Waals surface area (Å²) < 4.78 is 12.5. The molecule has 0 radical (unpaired) electrons. The Kier molecular flexibility index (Phi) is 6.92. The topological polar surface area (TPSA) is 66.2 Å². The largest absolute Gasteiger partial charge is 0.497 e. The molecule has 31 heavy (non-hydrogen) atoms. The minimum atomic E-state index is -0.316. The molecular weight excluding hydrogens is 410 g/mol. The van der Waals surface area contributed by atoms with Crippen LogP contribution in [0.15, 0.2) is 53.7 Å². The Hall–Kier alpha value is -2.80. The highest BCUT2D eigenvalue weighted by molar-refractivity contribution is 7.98. The molecule has 0 N–H and O–H groups in total. The summed E-state index contributed by atoms with van der Waals surface area (Å²) in [4.78, 5) is 12.1. The average Bonchev–Trinajstić information content (AvgIpc) is 3.27. The summed E-state index contributed by atoms with van der Waals surface area (Å²) >= 11 is 1.62. The molecule has 2 aromatic carbocycles. The van der Waals surface area contributed by atoms with Crippen LogP contribution >= 0.6 is 11.8 Å². The zero-order valence-electron chi connectivity index (χ0n) is 17.9. The van der Waals surface area contributed by atoms with E-state index in [2.05, 4.69) is 14.8 Å². The predicted octanol–water partition coefficient (Wildman–Crippen LogP) is 5.54. The number of hydrogen-bond donors (Lipinski definition) is 0. The van der Waals surface area contributed by atoms with E-state index in [1.54, 1.807) is 24.9 Å². The van der Waals surface area contributed by atoms with Gasteiger partial charge in [0.15, 0.2) is 11.0 Å². The van der Waals surface area contributed by atoms with Crippen LogP contribution in [0.25, 0.3) is 11.4 Å². The first-order chi connectivity index (χ1) is 15.2. The number of esters is 1. The second kappa shape index (κ2) is 10.0. The molecule has 1 heterocycles. The molecular formula is C24H27N3O3S. The van der Waals surface area contributed by atoms with E-state index in [4.69, 9.17) is 9.47 Å². The van der Waals surface area contributed by atoms with Crippen LogP contribution < -0.4 is 4.74 Å². The van der Waals surface area contributed by atoms with E-state index in [1.807, 2.05) is 42.5 Å². The molecule has 1 aromatic heterocycles. The summed E-state index contributed by atoms with van der Waals surface area (Å²) in [5.41, 5.74) is 2.56. The minimum absolute atomic E-state index is 0.316. The molecule has 1 aliphatic carbocycles. The van der Waals surface area contributed by atoms with E-state index in [1.165, 1.54) is 26.4 Å². The zero-order valence-corrected chi connectivity index (χ0v) is 18.7. The molecule has 0 aliphatic heterocycles. The molecule has 0 saturated heterocycles. The van der Waals surface area contributed by atoms with Gasteiger partial charge >= 0.3 is 5.97 Å². The van der Waals surface area contributed by atoms with Crippen molar-refractivity contribution in [2.75, 3.05) is 14.2 Å². The van der Waals surface area contributed by atoms with Gasteiger partial charge in [-0.3, -0.25) is 4.57 Å². The lowest BCUT2D eigenvalue weighted by Gasteiger charge is -2.25. The SMILES string of the molecule is COC(=O)c1ccccc1CSc1nnc(-c2ccc(OC)cc2)n1C1CCCCC1. The van der Waals surface area contributed by atoms with Crippen molar-refractivity contribution in [2.24, 2.45) is 0 Å². The first-order valence-corrected chi connectivity index (χ1v) is 11.6. The number of hydrogen-bond acceptors (Lipinski definition) is 6. The summed E-state index contributed by atoms with van der Waals surface area (Å²) in [7, 11) is 3.08. The summed E-state index contributed by atoms with van der Waals surface area (Å²) in [5.74, 6) is 2.02. The van der Waals surface area contributed by atoms with Gasteiger partial charge in [-0.1, -0.05) is 49.2 Å². The lowest BCUT2D eigenvalue weighted by molar-refractivity contribution is 0.0600. The van der Waals surface area contributed by atoms with E-state index in [0.717, 1.165) is 40.7 Å². The molecule has 6 nitrogen and oxygen atoms in total. The standard InChI is InChI=1S/C24H27N3O3S/c1-29-20-14-12-17(13-15-20)22-25-26-24(27(22)19-9-4-3-5-10-19)31-16-18-8-6-7-11-21(18)23(28)30-2/h6-8,11-15,19H,3-5,9-10,16H2,1-2H3. The van der Waals surface area contributed by atoms with Crippen molar-refractivity contribution in [1.29, 1.82) is 0 Å². The maximum Gasteiger partial charge on any atom is 0.338 e. The fourth-order valence-corrected chi connectivity index (χ4v) is 5.09. The second-order valence-electron chi connectivity index (χ2n) is 7.63. The van der Waals surface area contributed by atoms with Gasteiger partial charge in [0.2, 0.25) is 0 Å². The first-order valence-electron chi connectivity index (χ1n) is 10.6. The molecule has 0 unspecified atom stereocenters. The molecule has 0 amide bonds. The molecule has 0 bridgehead atoms. The van der Waals surface area contributed by atoms with Crippen molar-refractivity contribution in [1.82, 2.24) is 14.8 Å². The van der Waals surface area contributed by atoms with Crippen molar-refractivity contribution < 1.29 is 14.3 Å². The lowest BCUT2D eigenvalue weighted by Crippen LogP contribution is -2.15. The Morgan fingerprint density at radius 1 is 1.03 bits per heavy atom. The van der Waals surface area contributed by atoms with Crippen LogP contribution in [0.4, 0.5) is 0 Å². The Morgan fingerprint density at radius 2 is 1.77 bits per heavy atom. The third-order valence-corrected chi connectivity index (χ3v) is 6.72. The van der Waals surface area contributed by atoms with Gasteiger partial charge in [-0.2, -0.15) is 0 Å². The number of benzene rings is 2. The Bertz CT molecular complexity index is 1030. The fraction of sp³-hybridized carbons (Fsp3) is 0.375. The first kappa shape index (κ1) is 21.4. The second-order valence-corrected chi connectivity index (χ2v) is 8.58. The maximum absolute atomic E-state index is 12.1. The van der Waals surface area contributed by atoms with Crippen LogP contribution in [0.5, 0.6) is 5.75 Å². The van der Waals surface area contributed by atoms with E-state index < -0.39 is 0 Å². The number of thioether (sulfide) groups is 1. The minimum Gasteiger partial charge on any atom is -0.497 e. The lowest BCUT2D eigenvalue weighted by atomic mass is 9.95. The van der Waals surface area contributed by atoms with E-state index in [-0.39, 0.29) is 5.97 Å². The molecule has 4 rings (SSSR count). The molecule has 1 fully saturated rings. The van der Waals surface area contributed by atoms with Gasteiger partial charge in [0.1, 0.15) is 5.75 Å². The van der Waals surface area contributed by atoms with Gasteiger partial charge in [-0.05, 0) is 48.7 Å². The van der Waals surface area contributed by atoms with Crippen LogP contribution in [0.1, 0.15) is 54.1 Å². The molecule has 1 aliphatic rings. The van der Waals surface area contributed by atoms with Crippen LogP contribution in [-0.4, -0.2) is 35.0 Å². The van der Waals surface area contributed by atoms with Crippen molar-refractivity contribution in [3.05, 3.63) is 59.7 Å². The molecule has 3 aromatic rings. The van der Waals surface area contributed by atoms with Gasteiger partial charge in [0.25, 0.3) is 0 Å². The predicted molar refractivity (Wildman–Crippen MR) is 121 cm³/mol. The van der Waals surface area contributed by atoms with Crippen LogP contribution in [-0.2, 0) is 10.5 Å². The Labute approximate surface area is 187 Å². The highest BCUT2D eigenvalue weighted by atomic mass is 32.2. The number of nitrogens with zero attached hydrogens (tertiary/aromatic N) is 3. The number of methoxy groups -OCH3 is 2. The number of rotatable bonds is 7. The summed E-state index contributed by atoms with van der Waals surface area (Å²) in [6.07, 6.45) is 5.99. The van der Waals surface area contributed by atoms with Crippen molar-refractivity contribution >= 4 is 17.7 Å². The van der Waals surface area contributed by atoms with Gasteiger partial charge in [0, 0.05) is 17.4 Å². The highest BCUT2D eigenvalue weighted by Crippen LogP contribution is 2.37. The number of carbonyl (C=O) groups is 1. The molecule has 162 valence electrons. The number of carbonyl (C=O) groups excluding carboxylic acids is 1. The number of aromatic nitrogens is 3. The van der Waals surface area contributed by atoms with Gasteiger partial charge in [-0.15, -0.1) is 10.2 Å². The summed E-state index contributed by atoms with van der Waals surface area (Å²) in [6.45, 7) is 0. The molecule has 0 atom stereocenters. The fourth-order valence-electron chi connectivity index (χ4n) is 4.08. The summed E-state index contributed by atoms with van der Waals surface area (Å²) in [6, 6.07) is 15.9. The van der Waals surface area contributed by atoms with Gasteiger partial charge in [0.05, 0.1) is 19.8 Å². The average molecular weight is 438 g/mol. The van der Waals surface area contributed by atoms with E-state index >= 15 is 0 Å². The third-order valence-electron chi connectivity index (χ3n) is 5.73. The van der Waals surface area contributed by atoms with Crippen LogP contribution in [0.2, 0.25) is 0 Å². The van der Waals surface area contributed by atoms with Crippen LogP contribution in [0, 0.1) is 0 Å². The van der Waals surface area contributed by atoms with E-state index in [9.17, 15) is 4.79 Å². The number of ether oxygens (including phenoxy) is 2. The molecule has 0 spiro atoms. The summed E-state index contributed by atoms with van der Waals surface area (Å²) in [5, 5.41) is 10.00. The van der Waals surface area contributed by atoms with Crippen molar-refractivity contribution in [3.8, 4) is 17.1 Å². The normalized spacial score (nSPS) is 14.4.